The summed E-state index contributed by atoms with van der Waals surface area (Å²) >= 11 is 0. The number of nitrogens with zero attached hydrogens (tertiary/aromatic N) is 8. The predicted molar refractivity (Wildman–Crippen MR) is 345 cm³/mol. The monoisotopic (exact) mass is 1300 g/mol. The van der Waals surface area contributed by atoms with E-state index < -0.39 is 174 Å². The maximum absolute atomic E-state index is 15.3. The second-order valence-corrected chi connectivity index (χ2v) is 27.5. The molecule has 0 spiro atoms. The van der Waals surface area contributed by atoms with Gasteiger partial charge in [-0.25, -0.2) is 4.79 Å². The van der Waals surface area contributed by atoms with Gasteiger partial charge in [0.2, 0.25) is 65.0 Å². The summed E-state index contributed by atoms with van der Waals surface area (Å²) in [4.78, 5) is 185. The number of ether oxygens (including phenoxy) is 1. The predicted octanol–water partition coefficient (Wildman–Crippen LogP) is 1.57. The van der Waals surface area contributed by atoms with Crippen molar-refractivity contribution in [3.8, 4) is 0 Å². The molecule has 27 nitrogen and oxygen atoms in total. The lowest BCUT2D eigenvalue weighted by atomic mass is 9.91. The number of allylic oxidation sites excluding steroid dienone is 2. The summed E-state index contributed by atoms with van der Waals surface area (Å²) in [6.07, 6.45) is 1.16. The summed E-state index contributed by atoms with van der Waals surface area (Å²) in [5, 5.41) is 33.9. The largest absolute Gasteiger partial charge is 0.444 e. The van der Waals surface area contributed by atoms with E-state index in [0.29, 0.717) is 13.1 Å². The smallest absolute Gasteiger partial charge is 0.410 e. The van der Waals surface area contributed by atoms with Gasteiger partial charge in [0.25, 0.3) is 0 Å². The van der Waals surface area contributed by atoms with Gasteiger partial charge in [0, 0.05) is 61.8 Å². The molecule has 0 aromatic rings. The van der Waals surface area contributed by atoms with E-state index in [-0.39, 0.29) is 62.8 Å². The number of aliphatic hydroxyl groups excluding tert-OH is 2. The summed E-state index contributed by atoms with van der Waals surface area (Å²) in [7, 11) is 8.18. The van der Waals surface area contributed by atoms with Crippen LogP contribution in [-0.4, -0.2) is 268 Å². The molecule has 0 radical (unpaired) electrons. The number of likely N-dealkylation sites (N-methyl/N-ethyl adjacent to an activating group) is 6. The SMILES string of the molecule is C/C=C/C[C@@H](C)[C@@H](O)[C@H]1C(=O)N[C@@H](CC)C(=O)N2CC(OC(=O)N3CCC3)C[C@@H]2C(=O)N(C)[C@@H](CO)C(=O)N[C@@H](C(C)C)C(=O)N(C)[C@@H](CC(C)C)C(=O)N[C@@H](C)C(=O)N[C@H](C)C(=O)N(C)[C@@H](CC(C)C)C(=O)N(C)[C@@H](CC(C)C)C(=O)N(C)[C@@H](C(C)C)C(=O)N1C. The highest BCUT2D eigenvalue weighted by atomic mass is 16.6. The molecular weight excluding hydrogens is 1190 g/mol. The fraction of sp³-hybridized carbons (Fsp3) is 0.785. The zero-order chi connectivity index (χ0) is 70.2. The molecule has 6 N–H and O–H groups in total. The lowest BCUT2D eigenvalue weighted by Gasteiger charge is -2.41. The van der Waals surface area contributed by atoms with Crippen LogP contribution >= 0.6 is 0 Å². The minimum atomic E-state index is -1.71. The number of carbonyl (C=O) groups excluding carboxylic acids is 12. The molecular formula is C65H112N12O15. The first-order chi connectivity index (χ1) is 42.8. The van der Waals surface area contributed by atoms with E-state index in [9.17, 15) is 43.8 Å². The second-order valence-electron chi connectivity index (χ2n) is 27.5. The Hall–Kier alpha value is -6.90. The number of hydrogen-bond donors (Lipinski definition) is 6. The Balaban J connectivity index is 2.36. The number of likely N-dealkylation sites (tertiary alicyclic amines) is 1. The van der Waals surface area contributed by atoms with Crippen LogP contribution in [0.2, 0.25) is 0 Å². The van der Waals surface area contributed by atoms with Gasteiger partial charge in [-0.2, -0.15) is 0 Å². The van der Waals surface area contributed by atoms with Crippen LogP contribution in [0.3, 0.4) is 0 Å². The van der Waals surface area contributed by atoms with Gasteiger partial charge >= 0.3 is 6.09 Å². The van der Waals surface area contributed by atoms with Crippen molar-refractivity contribution in [1.29, 1.82) is 0 Å². The molecule has 14 atom stereocenters. The molecule has 0 bridgehead atoms. The van der Waals surface area contributed by atoms with Crippen LogP contribution in [-0.2, 0) is 57.5 Å². The van der Waals surface area contributed by atoms with Crippen LogP contribution in [0, 0.1) is 35.5 Å². The summed E-state index contributed by atoms with van der Waals surface area (Å²) in [6, 6.07) is -15.1. The van der Waals surface area contributed by atoms with Crippen LogP contribution in [0.25, 0.3) is 0 Å². The van der Waals surface area contributed by atoms with Gasteiger partial charge in [0.15, 0.2) is 0 Å². The summed E-state index contributed by atoms with van der Waals surface area (Å²) in [5.41, 5.74) is 0. The zero-order valence-electron chi connectivity index (χ0n) is 58.7. The third-order valence-corrected chi connectivity index (χ3v) is 18.0. The Bertz CT molecular complexity index is 2630. The van der Waals surface area contributed by atoms with E-state index in [0.717, 1.165) is 26.0 Å². The van der Waals surface area contributed by atoms with Crippen molar-refractivity contribution in [2.45, 2.75) is 227 Å². The number of hydrogen-bond acceptors (Lipinski definition) is 15. The Morgan fingerprint density at radius 2 is 1.03 bits per heavy atom. The van der Waals surface area contributed by atoms with Crippen LogP contribution < -0.4 is 21.3 Å². The van der Waals surface area contributed by atoms with Gasteiger partial charge in [-0.15, -0.1) is 0 Å². The average molecular weight is 1300 g/mol. The molecule has 522 valence electrons. The molecule has 3 saturated heterocycles. The number of aliphatic hydroxyl groups is 2. The van der Waals surface area contributed by atoms with Crippen molar-refractivity contribution < 1.29 is 72.5 Å². The number of nitrogens with one attached hydrogen (secondary N) is 4. The first-order valence-electron chi connectivity index (χ1n) is 32.8. The zero-order valence-corrected chi connectivity index (χ0v) is 58.7. The van der Waals surface area contributed by atoms with Crippen molar-refractivity contribution in [3.63, 3.8) is 0 Å². The molecule has 12 amide bonds. The van der Waals surface area contributed by atoms with Crippen LogP contribution in [0.1, 0.15) is 149 Å². The van der Waals surface area contributed by atoms with Crippen LogP contribution in [0.4, 0.5) is 4.79 Å². The molecule has 0 aliphatic carbocycles. The number of fused-ring (bicyclic) bond motifs is 1. The van der Waals surface area contributed by atoms with Gasteiger partial charge in [-0.05, 0) is 94.8 Å². The second kappa shape index (κ2) is 35.4. The third-order valence-electron chi connectivity index (χ3n) is 18.0. The molecule has 3 fully saturated rings. The number of amides is 12. The normalized spacial score (nSPS) is 28.6. The van der Waals surface area contributed by atoms with Crippen molar-refractivity contribution in [2.24, 2.45) is 35.5 Å². The number of rotatable bonds is 15. The van der Waals surface area contributed by atoms with Gasteiger partial charge < -0.3 is 75.4 Å². The molecule has 3 rings (SSSR count). The molecule has 27 heteroatoms. The van der Waals surface area contributed by atoms with E-state index in [1.165, 1.54) is 75.7 Å². The highest BCUT2D eigenvalue weighted by Crippen LogP contribution is 2.29. The van der Waals surface area contributed by atoms with E-state index in [4.69, 9.17) is 4.74 Å². The topological polar surface area (TPSA) is 329 Å². The van der Waals surface area contributed by atoms with E-state index in [1.54, 1.807) is 60.6 Å². The minimum absolute atomic E-state index is 0.0938. The van der Waals surface area contributed by atoms with Gasteiger partial charge in [0.05, 0.1) is 19.3 Å². The molecule has 1 unspecified atom stereocenters. The Labute approximate surface area is 545 Å². The quantitative estimate of drug-likeness (QED) is 0.127. The molecule has 0 aromatic heterocycles. The molecule has 0 saturated carbocycles. The van der Waals surface area contributed by atoms with E-state index in [1.807, 2.05) is 41.5 Å². The lowest BCUT2D eigenvalue weighted by Crippen LogP contribution is -2.64. The summed E-state index contributed by atoms with van der Waals surface area (Å²) in [5.74, 6) is -11.1. The summed E-state index contributed by atoms with van der Waals surface area (Å²) < 4.78 is 5.85. The maximum Gasteiger partial charge on any atom is 0.410 e. The fourth-order valence-corrected chi connectivity index (χ4v) is 12.0. The van der Waals surface area contributed by atoms with Crippen molar-refractivity contribution >= 4 is 71.1 Å². The maximum atomic E-state index is 15.3. The van der Waals surface area contributed by atoms with Gasteiger partial charge in [0.1, 0.15) is 72.6 Å². The first-order valence-corrected chi connectivity index (χ1v) is 32.8. The van der Waals surface area contributed by atoms with Crippen molar-refractivity contribution in [1.82, 2.24) is 60.5 Å². The van der Waals surface area contributed by atoms with Crippen LogP contribution in [0.5, 0.6) is 0 Å². The molecule has 92 heavy (non-hydrogen) atoms. The van der Waals surface area contributed by atoms with Crippen LogP contribution in [0.15, 0.2) is 12.2 Å². The van der Waals surface area contributed by atoms with Crippen molar-refractivity contribution in [3.05, 3.63) is 12.2 Å². The molecule has 3 heterocycles. The Kier molecular flexibility index (Phi) is 30.5. The minimum Gasteiger partial charge on any atom is -0.444 e. The van der Waals surface area contributed by atoms with Crippen molar-refractivity contribution in [2.75, 3.05) is 68.5 Å². The third kappa shape index (κ3) is 20.1. The summed E-state index contributed by atoms with van der Waals surface area (Å²) in [6.45, 7) is 25.2. The van der Waals surface area contributed by atoms with Gasteiger partial charge in [-0.3, -0.25) is 52.7 Å². The lowest BCUT2D eigenvalue weighted by molar-refractivity contribution is -0.157. The highest BCUT2D eigenvalue weighted by Gasteiger charge is 2.49. The fourth-order valence-electron chi connectivity index (χ4n) is 12.0. The first kappa shape index (κ1) is 79.3. The van der Waals surface area contributed by atoms with E-state index >= 15 is 24.0 Å². The van der Waals surface area contributed by atoms with Gasteiger partial charge in [-0.1, -0.05) is 95.2 Å². The molecule has 3 aliphatic heterocycles. The Morgan fingerprint density at radius 3 is 1.51 bits per heavy atom. The van der Waals surface area contributed by atoms with E-state index in [2.05, 4.69) is 21.3 Å². The Morgan fingerprint density at radius 1 is 0.554 bits per heavy atom. The highest BCUT2D eigenvalue weighted by molar-refractivity contribution is 6.00. The standard InChI is InChI=1S/C65H112N12O15/c1-22-24-26-40(13)53(79)52-57(83)68-44(23-2)59(85)77-33-43(92-65(91)76-27-25-28-76)32-48(77)62(88)73(19)49(34-78)56(82)69-50(38(9)10)63(89)70(16)45(29-35(3)4)55(81)66-41(14)54(80)67-42(15)58(84)71(17)46(30-36(5)6)60(86)72(18)47(31-37(7)8)61(87)74(20)51(39(11)12)64(90)75(52)21/h22,24,35-53,78-79H,23,25-34H2,1-21H3,(H,66,81)(H,67,80)(H,68,83)(H,69,82)/b24-22+/t40-,41+,42-,43?,44+,45+,46+,47+,48-,49+,50+,51+,52+,53-/m1/s1. The number of carbonyl (C=O) groups is 12. The average Bonchev–Trinajstić information content (AvgIpc) is 1.39. The molecule has 3 aliphatic rings. The molecule has 0 aromatic carbocycles.